The molecule has 0 spiro atoms. The predicted molar refractivity (Wildman–Crippen MR) is 101 cm³/mol. The van der Waals surface area contributed by atoms with Gasteiger partial charge in [0.25, 0.3) is 0 Å². The quantitative estimate of drug-likeness (QED) is 0.779. The van der Waals surface area contributed by atoms with E-state index in [9.17, 15) is 4.79 Å². The number of ether oxygens (including phenoxy) is 1. The first-order valence-corrected chi connectivity index (χ1v) is 8.86. The van der Waals surface area contributed by atoms with Crippen molar-refractivity contribution in [3.8, 4) is 0 Å². The molecule has 2 heterocycles. The number of carbonyl (C=O) groups is 1. The molecule has 0 radical (unpaired) electrons. The van der Waals surface area contributed by atoms with Gasteiger partial charge in [-0.15, -0.1) is 24.8 Å². The Bertz CT molecular complexity index is 417. The second-order valence-corrected chi connectivity index (χ2v) is 7.82. The van der Waals surface area contributed by atoms with Crippen LogP contribution in [-0.2, 0) is 9.53 Å². The number of morpholine rings is 1. The molecule has 1 aliphatic carbocycles. The normalized spacial score (nSPS) is 30.7. The average Bonchev–Trinajstić information content (AvgIpc) is 2.99. The van der Waals surface area contributed by atoms with Gasteiger partial charge in [0.2, 0.25) is 5.91 Å². The van der Waals surface area contributed by atoms with E-state index >= 15 is 0 Å². The molecule has 0 bridgehead atoms. The first kappa shape index (κ1) is 22.0. The van der Waals surface area contributed by atoms with E-state index in [1.54, 1.807) is 0 Å². The van der Waals surface area contributed by atoms with E-state index in [0.717, 1.165) is 52.4 Å². The molecule has 3 aliphatic rings. The summed E-state index contributed by atoms with van der Waals surface area (Å²) in [6, 6.07) is 0. The molecule has 24 heavy (non-hydrogen) atoms. The van der Waals surface area contributed by atoms with Crippen LogP contribution in [0.2, 0.25) is 0 Å². The molecule has 2 aliphatic heterocycles. The second-order valence-electron chi connectivity index (χ2n) is 7.82. The summed E-state index contributed by atoms with van der Waals surface area (Å²) < 4.78 is 5.43. The van der Waals surface area contributed by atoms with Gasteiger partial charge < -0.3 is 15.4 Å². The van der Waals surface area contributed by atoms with Gasteiger partial charge in [0.1, 0.15) is 0 Å². The number of carbonyl (C=O) groups excluding carboxylic acids is 1. The predicted octanol–water partition coefficient (Wildman–Crippen LogP) is 1.84. The van der Waals surface area contributed by atoms with Gasteiger partial charge in [-0.1, -0.05) is 12.8 Å². The Labute approximate surface area is 158 Å². The van der Waals surface area contributed by atoms with Gasteiger partial charge >= 0.3 is 0 Å². The molecule has 3 fully saturated rings. The van der Waals surface area contributed by atoms with Gasteiger partial charge in [0.15, 0.2) is 0 Å². The molecule has 7 heteroatoms. The molecule has 5 nitrogen and oxygen atoms in total. The smallest absolute Gasteiger partial charge is 0.227 e. The highest BCUT2D eigenvalue weighted by Gasteiger charge is 2.50. The standard InChI is InChI=1S/C17H31N3O2.2ClH/c1-16(2,20-7-9-22-10-8-20)12-19-15(21)17-6-4-3-5-14(17)11-18-13-17;;/h14,18H,3-13H2,1-2H3,(H,19,21);2*1H/t14-,17+;;/m0../s1. The lowest BCUT2D eigenvalue weighted by atomic mass is 9.67. The van der Waals surface area contributed by atoms with E-state index in [1.165, 1.54) is 19.3 Å². The summed E-state index contributed by atoms with van der Waals surface area (Å²) in [5.41, 5.74) is -0.147. The molecule has 2 atom stereocenters. The molecular weight excluding hydrogens is 349 g/mol. The van der Waals surface area contributed by atoms with E-state index in [1.807, 2.05) is 0 Å². The van der Waals surface area contributed by atoms with E-state index in [0.29, 0.717) is 5.92 Å². The highest BCUT2D eigenvalue weighted by atomic mass is 35.5. The fourth-order valence-electron chi connectivity index (χ4n) is 4.44. The number of fused-ring (bicyclic) bond motifs is 1. The zero-order valence-corrected chi connectivity index (χ0v) is 16.6. The summed E-state index contributed by atoms with van der Waals surface area (Å²) in [6.45, 7) is 10.6. The molecule has 142 valence electrons. The minimum absolute atomic E-state index is 0. The third-order valence-corrected chi connectivity index (χ3v) is 6.04. The molecule has 0 unspecified atom stereocenters. The Morgan fingerprint density at radius 1 is 1.29 bits per heavy atom. The molecular formula is C17H33Cl2N3O2. The van der Waals surface area contributed by atoms with Crippen LogP contribution in [0.15, 0.2) is 0 Å². The van der Waals surface area contributed by atoms with Crippen molar-refractivity contribution in [2.24, 2.45) is 11.3 Å². The van der Waals surface area contributed by atoms with E-state index in [2.05, 4.69) is 29.4 Å². The van der Waals surface area contributed by atoms with Crippen LogP contribution in [0.1, 0.15) is 39.5 Å². The van der Waals surface area contributed by atoms with Crippen LogP contribution in [0.3, 0.4) is 0 Å². The van der Waals surface area contributed by atoms with Gasteiger partial charge in [0, 0.05) is 31.7 Å². The van der Waals surface area contributed by atoms with Crippen LogP contribution in [0.25, 0.3) is 0 Å². The molecule has 0 aromatic heterocycles. The topological polar surface area (TPSA) is 53.6 Å². The van der Waals surface area contributed by atoms with E-state index in [-0.39, 0.29) is 41.7 Å². The lowest BCUT2D eigenvalue weighted by Crippen LogP contribution is -2.57. The first-order chi connectivity index (χ1) is 10.5. The van der Waals surface area contributed by atoms with Crippen molar-refractivity contribution in [3.05, 3.63) is 0 Å². The Morgan fingerprint density at radius 3 is 2.71 bits per heavy atom. The monoisotopic (exact) mass is 381 g/mol. The molecule has 2 saturated heterocycles. The number of halogens is 2. The van der Waals surface area contributed by atoms with Crippen LogP contribution < -0.4 is 10.6 Å². The van der Waals surface area contributed by atoms with Crippen molar-refractivity contribution >= 4 is 30.7 Å². The minimum atomic E-state index is -0.140. The van der Waals surface area contributed by atoms with Gasteiger partial charge in [0.05, 0.1) is 18.6 Å². The molecule has 1 amide bonds. The lowest BCUT2D eigenvalue weighted by molar-refractivity contribution is -0.134. The highest BCUT2D eigenvalue weighted by molar-refractivity contribution is 5.85. The van der Waals surface area contributed by atoms with Gasteiger partial charge in [-0.3, -0.25) is 9.69 Å². The maximum Gasteiger partial charge on any atom is 0.227 e. The maximum atomic E-state index is 12.9. The largest absolute Gasteiger partial charge is 0.379 e. The maximum absolute atomic E-state index is 12.9. The van der Waals surface area contributed by atoms with Crippen LogP contribution in [0.5, 0.6) is 0 Å². The summed E-state index contributed by atoms with van der Waals surface area (Å²) in [6.07, 6.45) is 4.72. The van der Waals surface area contributed by atoms with Crippen molar-refractivity contribution in [1.29, 1.82) is 0 Å². The Morgan fingerprint density at radius 2 is 2.00 bits per heavy atom. The average molecular weight is 382 g/mol. The number of amides is 1. The summed E-state index contributed by atoms with van der Waals surface area (Å²) in [5.74, 6) is 0.816. The number of rotatable bonds is 4. The molecule has 3 rings (SSSR count). The second kappa shape index (κ2) is 9.04. The fraction of sp³-hybridized carbons (Fsp3) is 0.941. The van der Waals surface area contributed by atoms with Gasteiger partial charge in [-0.25, -0.2) is 0 Å². The Hall–Kier alpha value is -0.0700. The highest BCUT2D eigenvalue weighted by Crippen LogP contribution is 2.43. The van der Waals surface area contributed by atoms with Crippen LogP contribution in [0, 0.1) is 11.3 Å². The Kier molecular flexibility index (Phi) is 8.27. The van der Waals surface area contributed by atoms with E-state index < -0.39 is 0 Å². The van der Waals surface area contributed by atoms with Gasteiger partial charge in [-0.2, -0.15) is 0 Å². The first-order valence-electron chi connectivity index (χ1n) is 8.86. The summed E-state index contributed by atoms with van der Waals surface area (Å²) in [7, 11) is 0. The van der Waals surface area contributed by atoms with Crippen molar-refractivity contribution in [2.45, 2.75) is 45.1 Å². The minimum Gasteiger partial charge on any atom is -0.379 e. The molecule has 0 aromatic rings. The van der Waals surface area contributed by atoms with Crippen molar-refractivity contribution in [3.63, 3.8) is 0 Å². The number of nitrogens with one attached hydrogen (secondary N) is 2. The number of hydrogen-bond acceptors (Lipinski definition) is 4. The van der Waals surface area contributed by atoms with E-state index in [4.69, 9.17) is 4.74 Å². The third-order valence-electron chi connectivity index (χ3n) is 6.04. The lowest BCUT2D eigenvalue weighted by Gasteiger charge is -2.42. The SMILES string of the molecule is CC(C)(CNC(=O)[C@@]12CCCC[C@H]1CNC2)N1CCOCC1.Cl.Cl. The zero-order valence-electron chi connectivity index (χ0n) is 14.9. The van der Waals surface area contributed by atoms with Crippen molar-refractivity contribution in [1.82, 2.24) is 15.5 Å². The molecule has 0 aromatic carbocycles. The van der Waals surface area contributed by atoms with Crippen LogP contribution in [0.4, 0.5) is 0 Å². The molecule has 2 N–H and O–H groups in total. The number of nitrogens with zero attached hydrogens (tertiary/aromatic N) is 1. The summed E-state index contributed by atoms with van der Waals surface area (Å²) >= 11 is 0. The molecule has 1 saturated carbocycles. The zero-order chi connectivity index (χ0) is 15.6. The fourth-order valence-corrected chi connectivity index (χ4v) is 4.44. The number of hydrogen-bond donors (Lipinski definition) is 2. The van der Waals surface area contributed by atoms with Crippen LogP contribution >= 0.6 is 24.8 Å². The van der Waals surface area contributed by atoms with Crippen molar-refractivity contribution < 1.29 is 9.53 Å². The van der Waals surface area contributed by atoms with Crippen molar-refractivity contribution in [2.75, 3.05) is 45.9 Å². The summed E-state index contributed by atoms with van der Waals surface area (Å²) in [4.78, 5) is 15.4. The van der Waals surface area contributed by atoms with Gasteiger partial charge in [-0.05, 0) is 39.2 Å². The third kappa shape index (κ3) is 4.36. The Balaban J connectivity index is 0.00000144. The van der Waals surface area contributed by atoms with Crippen LogP contribution in [-0.4, -0.2) is 62.3 Å². The summed E-state index contributed by atoms with van der Waals surface area (Å²) in [5, 5.41) is 6.75.